The molecule has 0 aromatic carbocycles. The number of halogens is 4. The Morgan fingerprint density at radius 2 is 1.87 bits per heavy atom. The molecule has 15 heavy (non-hydrogen) atoms. The molecule has 1 fully saturated rings. The first-order valence-corrected chi connectivity index (χ1v) is 5.21. The number of rotatable bonds is 1. The quantitative estimate of drug-likeness (QED) is 0.511. The normalized spacial score (nSPS) is 21.5. The first-order chi connectivity index (χ1) is 6.82. The molecule has 1 aliphatic rings. The average Bonchev–Trinajstić information content (AvgIpc) is 2.15. The fraction of sp³-hybridized carbons (Fsp3) is 0.889. The van der Waals surface area contributed by atoms with Crippen LogP contribution in [0, 0.1) is 11.8 Å². The van der Waals surface area contributed by atoms with Gasteiger partial charge in [0.15, 0.2) is 0 Å². The molecule has 0 saturated carbocycles. The zero-order chi connectivity index (χ0) is 11.6. The van der Waals surface area contributed by atoms with Crippen LogP contribution < -0.4 is 0 Å². The molecule has 0 aliphatic carbocycles. The summed E-state index contributed by atoms with van der Waals surface area (Å²) in [5, 5.41) is -0.576. The van der Waals surface area contributed by atoms with E-state index in [1.54, 1.807) is 0 Å². The summed E-state index contributed by atoms with van der Waals surface area (Å²) in [6.07, 6.45) is -3.39. The lowest BCUT2D eigenvalue weighted by Gasteiger charge is -2.34. The Morgan fingerprint density at radius 3 is 2.20 bits per heavy atom. The number of piperidine rings is 1. The number of hydrogen-bond donors (Lipinski definition) is 0. The number of likely N-dealkylation sites (tertiary alicyclic amines) is 1. The first kappa shape index (κ1) is 12.6. The Bertz CT molecular complexity index is 236. The summed E-state index contributed by atoms with van der Waals surface area (Å²) < 4.78 is 37.1. The molecule has 88 valence electrons. The molecule has 0 aromatic rings. The van der Waals surface area contributed by atoms with Crippen LogP contribution in [0.2, 0.25) is 0 Å². The van der Waals surface area contributed by atoms with E-state index in [1.165, 1.54) is 11.8 Å². The van der Waals surface area contributed by atoms with Gasteiger partial charge in [-0.15, -0.1) is 0 Å². The van der Waals surface area contributed by atoms with Crippen LogP contribution in [0.3, 0.4) is 0 Å². The van der Waals surface area contributed by atoms with Crippen molar-refractivity contribution in [3.8, 4) is 0 Å². The molecule has 1 heterocycles. The summed E-state index contributed by atoms with van der Waals surface area (Å²) in [5.41, 5.74) is 0. The van der Waals surface area contributed by atoms with Gasteiger partial charge in [-0.1, -0.05) is 6.92 Å². The third-order valence-electron chi connectivity index (χ3n) is 3.01. The molecule has 0 aromatic heterocycles. The van der Waals surface area contributed by atoms with E-state index in [0.717, 1.165) is 0 Å². The van der Waals surface area contributed by atoms with E-state index in [1.807, 2.05) is 0 Å². The topological polar surface area (TPSA) is 20.3 Å². The van der Waals surface area contributed by atoms with Crippen molar-refractivity contribution in [2.45, 2.75) is 25.9 Å². The molecule has 0 N–H and O–H groups in total. The summed E-state index contributed by atoms with van der Waals surface area (Å²) in [6.45, 7) is 1.85. The highest BCUT2D eigenvalue weighted by Crippen LogP contribution is 2.36. The van der Waals surface area contributed by atoms with Gasteiger partial charge < -0.3 is 4.90 Å². The smallest absolute Gasteiger partial charge is 0.329 e. The maximum absolute atomic E-state index is 12.4. The van der Waals surface area contributed by atoms with E-state index in [2.05, 4.69) is 0 Å². The van der Waals surface area contributed by atoms with Crippen LogP contribution in [-0.4, -0.2) is 29.5 Å². The number of hydrogen-bond acceptors (Lipinski definition) is 1. The summed E-state index contributed by atoms with van der Waals surface area (Å²) >= 11 is 5.24. The third kappa shape index (κ3) is 3.26. The minimum atomic E-state index is -4.14. The van der Waals surface area contributed by atoms with E-state index < -0.39 is 23.4 Å². The van der Waals surface area contributed by atoms with Crippen molar-refractivity contribution in [3.63, 3.8) is 0 Å². The van der Waals surface area contributed by atoms with Crippen LogP contribution in [0.4, 0.5) is 18.0 Å². The minimum Gasteiger partial charge on any atom is -0.329 e. The molecule has 0 spiro atoms. The Morgan fingerprint density at radius 1 is 1.40 bits per heavy atom. The van der Waals surface area contributed by atoms with Gasteiger partial charge in [0.25, 0.3) is 0 Å². The van der Waals surface area contributed by atoms with E-state index in [9.17, 15) is 18.0 Å². The molecule has 1 rings (SSSR count). The first-order valence-electron chi connectivity index (χ1n) is 4.83. The highest BCUT2D eigenvalue weighted by Gasteiger charge is 2.42. The molecular formula is C9H13ClF3NO. The lowest BCUT2D eigenvalue weighted by Crippen LogP contribution is -2.40. The van der Waals surface area contributed by atoms with E-state index >= 15 is 0 Å². The van der Waals surface area contributed by atoms with Crippen molar-refractivity contribution >= 4 is 17.0 Å². The van der Waals surface area contributed by atoms with Crippen molar-refractivity contribution in [1.82, 2.24) is 4.90 Å². The third-order valence-corrected chi connectivity index (χ3v) is 3.25. The molecule has 1 aliphatic heterocycles. The molecule has 1 unspecified atom stereocenters. The summed E-state index contributed by atoms with van der Waals surface area (Å²) in [4.78, 5) is 12.1. The van der Waals surface area contributed by atoms with Gasteiger partial charge in [-0.25, -0.2) is 0 Å². The van der Waals surface area contributed by atoms with E-state index in [0.29, 0.717) is 25.9 Å². The predicted molar refractivity (Wildman–Crippen MR) is 50.8 cm³/mol. The number of nitrogens with zero attached hydrogens (tertiary/aromatic N) is 1. The number of carbonyl (C=O) groups is 1. The van der Waals surface area contributed by atoms with Gasteiger partial charge >= 0.3 is 11.5 Å². The van der Waals surface area contributed by atoms with Crippen molar-refractivity contribution < 1.29 is 18.0 Å². The largest absolute Gasteiger partial charge is 0.391 e. The Hall–Kier alpha value is -0.450. The summed E-state index contributed by atoms with van der Waals surface area (Å²) in [7, 11) is 0. The standard InChI is InChI=1S/C9H13ClF3NO/c1-6(9(11,12)13)7-2-4-14(5-3-7)8(10)15/h6-7H,2-5H2,1H3. The molecule has 1 saturated heterocycles. The maximum Gasteiger partial charge on any atom is 0.391 e. The second-order valence-corrected chi connectivity index (χ2v) is 4.23. The molecule has 1 atom stereocenters. The number of alkyl halides is 3. The zero-order valence-corrected chi connectivity index (χ0v) is 9.11. The van der Waals surface area contributed by atoms with Crippen LogP contribution in [0.1, 0.15) is 19.8 Å². The van der Waals surface area contributed by atoms with E-state index in [4.69, 9.17) is 11.6 Å². The molecule has 0 bridgehead atoms. The van der Waals surface area contributed by atoms with Crippen LogP contribution in [-0.2, 0) is 0 Å². The molecular weight excluding hydrogens is 231 g/mol. The molecule has 6 heteroatoms. The SMILES string of the molecule is CC(C1CCN(C(=O)Cl)CC1)C(F)(F)F. The lowest BCUT2D eigenvalue weighted by atomic mass is 9.85. The van der Waals surface area contributed by atoms with E-state index in [-0.39, 0.29) is 0 Å². The highest BCUT2D eigenvalue weighted by molar-refractivity contribution is 6.62. The monoisotopic (exact) mass is 243 g/mol. The fourth-order valence-electron chi connectivity index (χ4n) is 1.84. The second kappa shape index (κ2) is 4.60. The van der Waals surface area contributed by atoms with Crippen LogP contribution in [0.5, 0.6) is 0 Å². The second-order valence-electron chi connectivity index (χ2n) is 3.91. The maximum atomic E-state index is 12.4. The van der Waals surface area contributed by atoms with Gasteiger partial charge in [0, 0.05) is 13.1 Å². The Balaban J connectivity index is 2.47. The van der Waals surface area contributed by atoms with Crippen LogP contribution in [0.25, 0.3) is 0 Å². The minimum absolute atomic E-state index is 0.327. The van der Waals surface area contributed by atoms with Gasteiger partial charge in [0.05, 0.1) is 5.92 Å². The van der Waals surface area contributed by atoms with Crippen molar-refractivity contribution in [1.29, 1.82) is 0 Å². The molecule has 2 nitrogen and oxygen atoms in total. The van der Waals surface area contributed by atoms with Gasteiger partial charge in [-0.2, -0.15) is 13.2 Å². The van der Waals surface area contributed by atoms with Crippen molar-refractivity contribution in [2.75, 3.05) is 13.1 Å². The van der Waals surface area contributed by atoms with Gasteiger partial charge in [-0.05, 0) is 30.4 Å². The molecule has 1 amide bonds. The zero-order valence-electron chi connectivity index (χ0n) is 8.35. The Labute approximate surface area is 91.4 Å². The summed E-state index contributed by atoms with van der Waals surface area (Å²) in [6, 6.07) is 0. The number of amides is 1. The molecule has 0 radical (unpaired) electrons. The van der Waals surface area contributed by atoms with Gasteiger partial charge in [-0.3, -0.25) is 4.79 Å². The highest BCUT2D eigenvalue weighted by atomic mass is 35.5. The van der Waals surface area contributed by atoms with Gasteiger partial charge in [0.2, 0.25) is 0 Å². The lowest BCUT2D eigenvalue weighted by molar-refractivity contribution is -0.186. The van der Waals surface area contributed by atoms with Crippen molar-refractivity contribution in [3.05, 3.63) is 0 Å². The van der Waals surface area contributed by atoms with Crippen molar-refractivity contribution in [2.24, 2.45) is 11.8 Å². The van der Waals surface area contributed by atoms with Crippen LogP contribution in [0.15, 0.2) is 0 Å². The van der Waals surface area contributed by atoms with Crippen LogP contribution >= 0.6 is 11.6 Å². The number of carbonyl (C=O) groups excluding carboxylic acids is 1. The average molecular weight is 244 g/mol. The predicted octanol–water partition coefficient (Wildman–Crippen LogP) is 3.26. The summed E-state index contributed by atoms with van der Waals surface area (Å²) in [5.74, 6) is -1.69. The fourth-order valence-corrected chi connectivity index (χ4v) is 2.01. The Kier molecular flexibility index (Phi) is 3.87. The van der Waals surface area contributed by atoms with Gasteiger partial charge in [0.1, 0.15) is 0 Å².